The van der Waals surface area contributed by atoms with Crippen molar-refractivity contribution >= 4 is 17.4 Å². The van der Waals surface area contributed by atoms with E-state index in [0.717, 1.165) is 30.8 Å². The van der Waals surface area contributed by atoms with Crippen molar-refractivity contribution in [1.82, 2.24) is 15.6 Å². The van der Waals surface area contributed by atoms with Crippen LogP contribution in [-0.2, 0) is 17.7 Å². The van der Waals surface area contributed by atoms with Crippen LogP contribution in [0.1, 0.15) is 64.3 Å². The van der Waals surface area contributed by atoms with E-state index >= 15 is 0 Å². The first-order valence-electron chi connectivity index (χ1n) is 8.39. The molecule has 1 aromatic heterocycles. The predicted molar refractivity (Wildman–Crippen MR) is 95.9 cm³/mol. The molecular weight excluding hydrogens is 310 g/mol. The molecule has 1 rings (SSSR count). The van der Waals surface area contributed by atoms with Gasteiger partial charge in [0.25, 0.3) is 0 Å². The van der Waals surface area contributed by atoms with Crippen LogP contribution in [0, 0.1) is 0 Å². The Balaban J connectivity index is 2.56. The zero-order valence-corrected chi connectivity index (χ0v) is 16.1. The number of hydrogen-bond acceptors (Lipinski definition) is 5. The van der Waals surface area contributed by atoms with E-state index in [1.807, 2.05) is 27.0 Å². The topological polar surface area (TPSA) is 63.2 Å². The van der Waals surface area contributed by atoms with Crippen molar-refractivity contribution in [3.8, 4) is 0 Å². The minimum Gasteiger partial charge on any atom is -0.444 e. The number of alkyl carbamates (subject to hydrolysis) is 1. The first kappa shape index (κ1) is 19.9. The van der Waals surface area contributed by atoms with Crippen molar-refractivity contribution in [2.24, 2.45) is 0 Å². The monoisotopic (exact) mass is 341 g/mol. The molecule has 1 amide bonds. The predicted octanol–water partition coefficient (Wildman–Crippen LogP) is 3.88. The van der Waals surface area contributed by atoms with Gasteiger partial charge in [0.15, 0.2) is 0 Å². The van der Waals surface area contributed by atoms with Crippen LogP contribution in [0.4, 0.5) is 4.79 Å². The van der Waals surface area contributed by atoms with Crippen LogP contribution < -0.4 is 10.6 Å². The first-order valence-corrected chi connectivity index (χ1v) is 9.20. The first-order chi connectivity index (χ1) is 10.7. The largest absolute Gasteiger partial charge is 0.444 e. The van der Waals surface area contributed by atoms with Crippen LogP contribution in [0.3, 0.4) is 0 Å². The Labute approximate surface area is 144 Å². The van der Waals surface area contributed by atoms with Gasteiger partial charge in [0.2, 0.25) is 0 Å². The number of rotatable bonds is 8. The van der Waals surface area contributed by atoms with E-state index < -0.39 is 5.60 Å². The molecular formula is C17H31N3O2S. The third-order valence-electron chi connectivity index (χ3n) is 3.79. The Morgan fingerprint density at radius 2 is 1.91 bits per heavy atom. The minimum absolute atomic E-state index is 0.291. The van der Waals surface area contributed by atoms with E-state index in [2.05, 4.69) is 36.4 Å². The van der Waals surface area contributed by atoms with Crippen LogP contribution in [-0.4, -0.2) is 28.8 Å². The van der Waals surface area contributed by atoms with Gasteiger partial charge in [0.1, 0.15) is 5.60 Å². The summed E-state index contributed by atoms with van der Waals surface area (Å²) in [4.78, 5) is 17.7. The number of ether oxygens (including phenoxy) is 1. The molecule has 0 aliphatic carbocycles. The van der Waals surface area contributed by atoms with Crippen molar-refractivity contribution in [2.75, 3.05) is 6.54 Å². The van der Waals surface area contributed by atoms with Gasteiger partial charge < -0.3 is 15.4 Å². The summed E-state index contributed by atoms with van der Waals surface area (Å²) in [6.45, 7) is 13.4. The van der Waals surface area contributed by atoms with E-state index in [1.165, 1.54) is 4.88 Å². The van der Waals surface area contributed by atoms with Gasteiger partial charge in [-0.25, -0.2) is 9.78 Å². The number of nitrogens with one attached hydrogen (secondary N) is 2. The number of hydrogen-bond donors (Lipinski definition) is 2. The molecule has 0 saturated carbocycles. The normalized spacial score (nSPS) is 12.3. The molecule has 23 heavy (non-hydrogen) atoms. The van der Waals surface area contributed by atoms with Crippen LogP contribution in [0.2, 0.25) is 0 Å². The Morgan fingerprint density at radius 3 is 2.39 bits per heavy atom. The molecule has 1 aromatic rings. The third kappa shape index (κ3) is 6.87. The molecule has 0 bridgehead atoms. The van der Waals surface area contributed by atoms with E-state index in [0.29, 0.717) is 6.54 Å². The van der Waals surface area contributed by atoms with Crippen molar-refractivity contribution < 1.29 is 9.53 Å². The second-order valence-corrected chi connectivity index (χ2v) is 7.99. The smallest absolute Gasteiger partial charge is 0.408 e. The van der Waals surface area contributed by atoms with Crippen LogP contribution in [0.5, 0.6) is 0 Å². The average Bonchev–Trinajstić information content (AvgIpc) is 2.92. The fourth-order valence-corrected chi connectivity index (χ4v) is 3.09. The summed E-state index contributed by atoms with van der Waals surface area (Å²) in [6, 6.07) is 0. The van der Waals surface area contributed by atoms with Crippen LogP contribution >= 0.6 is 11.3 Å². The number of thiazole rings is 1. The maximum Gasteiger partial charge on any atom is 0.408 e. The molecule has 0 radical (unpaired) electrons. The zero-order chi connectivity index (χ0) is 17.5. The summed E-state index contributed by atoms with van der Waals surface area (Å²) in [7, 11) is 0. The van der Waals surface area contributed by atoms with Gasteiger partial charge in [-0.05, 0) is 40.0 Å². The second-order valence-electron chi connectivity index (χ2n) is 6.79. The summed E-state index contributed by atoms with van der Waals surface area (Å²) in [5.41, 5.74) is -0.773. The van der Waals surface area contributed by atoms with Gasteiger partial charge in [0, 0.05) is 24.2 Å². The third-order valence-corrected chi connectivity index (χ3v) is 4.93. The highest BCUT2D eigenvalue weighted by atomic mass is 32.1. The van der Waals surface area contributed by atoms with Gasteiger partial charge in [0.05, 0.1) is 10.5 Å². The summed E-state index contributed by atoms with van der Waals surface area (Å²) in [5, 5.41) is 7.66. The lowest BCUT2D eigenvalue weighted by Crippen LogP contribution is -2.55. The van der Waals surface area contributed by atoms with Gasteiger partial charge in [-0.1, -0.05) is 20.8 Å². The molecule has 0 spiro atoms. The maximum absolute atomic E-state index is 12.1. The van der Waals surface area contributed by atoms with Crippen molar-refractivity contribution in [2.45, 2.75) is 78.5 Å². The van der Waals surface area contributed by atoms with E-state index in [-0.39, 0.29) is 11.6 Å². The van der Waals surface area contributed by atoms with Crippen LogP contribution in [0.25, 0.3) is 0 Å². The Bertz CT molecular complexity index is 490. The summed E-state index contributed by atoms with van der Waals surface area (Å²) < 4.78 is 5.39. The maximum atomic E-state index is 12.1. The lowest BCUT2D eigenvalue weighted by atomic mass is 9.93. The number of carbonyl (C=O) groups is 1. The Kier molecular flexibility index (Phi) is 7.48. The summed E-state index contributed by atoms with van der Waals surface area (Å²) >= 11 is 1.73. The number of aryl methyl sites for hydroxylation is 1. The van der Waals surface area contributed by atoms with Gasteiger partial charge in [-0.2, -0.15) is 0 Å². The Hall–Kier alpha value is -1.14. The molecule has 5 nitrogen and oxygen atoms in total. The highest BCUT2D eigenvalue weighted by Crippen LogP contribution is 2.17. The van der Waals surface area contributed by atoms with Gasteiger partial charge in [-0.15, -0.1) is 11.3 Å². The van der Waals surface area contributed by atoms with E-state index in [9.17, 15) is 4.79 Å². The van der Waals surface area contributed by atoms with Crippen molar-refractivity contribution in [3.63, 3.8) is 0 Å². The minimum atomic E-state index is -0.482. The lowest BCUT2D eigenvalue weighted by molar-refractivity contribution is 0.0446. The standard InChI is InChI=1S/C17H31N3O2S/c1-7-14-19-11-13(23-14)10-18-12-17(8-2,9-3)20-15(21)22-16(4,5)6/h11,18H,7-10,12H2,1-6H3,(H,20,21). The highest BCUT2D eigenvalue weighted by molar-refractivity contribution is 7.11. The Morgan fingerprint density at radius 1 is 1.26 bits per heavy atom. The molecule has 132 valence electrons. The van der Waals surface area contributed by atoms with E-state index in [1.54, 1.807) is 11.3 Å². The second kappa shape index (κ2) is 8.64. The molecule has 0 atom stereocenters. The molecule has 1 heterocycles. The molecule has 0 aliphatic rings. The van der Waals surface area contributed by atoms with Crippen LogP contribution in [0.15, 0.2) is 6.20 Å². The molecule has 0 aromatic carbocycles. The average molecular weight is 342 g/mol. The number of carbonyl (C=O) groups excluding carboxylic acids is 1. The molecule has 0 saturated heterocycles. The highest BCUT2D eigenvalue weighted by Gasteiger charge is 2.30. The van der Waals surface area contributed by atoms with E-state index in [4.69, 9.17) is 4.74 Å². The quantitative estimate of drug-likeness (QED) is 0.753. The zero-order valence-electron chi connectivity index (χ0n) is 15.3. The van der Waals surface area contributed by atoms with Crippen molar-refractivity contribution in [1.29, 1.82) is 0 Å². The SMILES string of the molecule is CCc1ncc(CNCC(CC)(CC)NC(=O)OC(C)(C)C)s1. The fourth-order valence-electron chi connectivity index (χ4n) is 2.26. The molecule has 0 aliphatic heterocycles. The summed E-state index contributed by atoms with van der Waals surface area (Å²) in [5.74, 6) is 0. The lowest BCUT2D eigenvalue weighted by Gasteiger charge is -2.34. The number of nitrogens with zero attached hydrogens (tertiary/aromatic N) is 1. The number of amides is 1. The molecule has 0 unspecified atom stereocenters. The van der Waals surface area contributed by atoms with Crippen molar-refractivity contribution in [3.05, 3.63) is 16.1 Å². The fraction of sp³-hybridized carbons (Fsp3) is 0.765. The van der Waals surface area contributed by atoms with Gasteiger partial charge in [-0.3, -0.25) is 0 Å². The van der Waals surface area contributed by atoms with Gasteiger partial charge >= 0.3 is 6.09 Å². The number of aromatic nitrogens is 1. The molecule has 0 fully saturated rings. The molecule has 6 heteroatoms. The summed E-state index contributed by atoms with van der Waals surface area (Å²) in [6.07, 6.45) is 4.24. The molecule has 2 N–H and O–H groups in total.